The number of carbonyl (C=O) groups excluding carboxylic acids is 1. The van der Waals surface area contributed by atoms with Gasteiger partial charge in [0.1, 0.15) is 0 Å². The van der Waals surface area contributed by atoms with Crippen molar-refractivity contribution in [3.05, 3.63) is 90.1 Å². The minimum Gasteiger partial charge on any atom is -0.334 e. The van der Waals surface area contributed by atoms with Crippen LogP contribution in [-0.4, -0.2) is 40.3 Å². The Kier molecular flexibility index (Phi) is 6.31. The molecule has 3 aromatic rings. The number of hydrogen-bond donors (Lipinski definition) is 0. The van der Waals surface area contributed by atoms with Gasteiger partial charge < -0.3 is 4.90 Å². The first-order valence-corrected chi connectivity index (χ1v) is 11.8. The summed E-state index contributed by atoms with van der Waals surface area (Å²) in [6.07, 6.45) is 9.31. The van der Waals surface area contributed by atoms with Crippen LogP contribution in [0.5, 0.6) is 0 Å². The Balaban J connectivity index is 1.20. The van der Waals surface area contributed by atoms with Crippen molar-refractivity contribution >= 4 is 16.8 Å². The van der Waals surface area contributed by atoms with Crippen LogP contribution in [0.15, 0.2) is 79.0 Å². The molecule has 5 rings (SSSR count). The van der Waals surface area contributed by atoms with Gasteiger partial charge in [0, 0.05) is 37.1 Å². The maximum atomic E-state index is 13.4. The van der Waals surface area contributed by atoms with Gasteiger partial charge in [-0.15, -0.1) is 0 Å². The van der Waals surface area contributed by atoms with Crippen LogP contribution in [0.2, 0.25) is 0 Å². The minimum atomic E-state index is 0.117. The molecule has 164 valence electrons. The zero-order valence-electron chi connectivity index (χ0n) is 18.6. The molecule has 1 aromatic heterocycles. The Morgan fingerprint density at radius 3 is 2.56 bits per heavy atom. The van der Waals surface area contributed by atoms with Crippen LogP contribution < -0.4 is 0 Å². The number of hydrogen-bond acceptors (Lipinski definition) is 3. The molecular weight excluding hydrogens is 394 g/mol. The van der Waals surface area contributed by atoms with Crippen LogP contribution in [-0.2, 0) is 17.9 Å². The molecule has 2 aliphatic heterocycles. The van der Waals surface area contributed by atoms with Gasteiger partial charge in [0.25, 0.3) is 0 Å². The number of fused-ring (bicyclic) bond motifs is 1. The SMILES string of the molecule is O=C1C(C2CCN(Cc3ccc4ncccc4c3)CC2)CC=CCN1Cc1ccccc1. The third-order valence-electron chi connectivity index (χ3n) is 7.00. The molecule has 2 aromatic carbocycles. The first-order valence-electron chi connectivity index (χ1n) is 11.8. The highest BCUT2D eigenvalue weighted by molar-refractivity contribution is 5.80. The molecular formula is C28H31N3O. The molecule has 0 N–H and O–H groups in total. The Labute approximate surface area is 190 Å². The van der Waals surface area contributed by atoms with Crippen LogP contribution in [0.1, 0.15) is 30.4 Å². The number of benzene rings is 2. The monoisotopic (exact) mass is 425 g/mol. The van der Waals surface area contributed by atoms with Gasteiger partial charge in [-0.2, -0.15) is 0 Å². The third kappa shape index (κ3) is 4.76. The minimum absolute atomic E-state index is 0.117. The Hall–Kier alpha value is -2.98. The second-order valence-corrected chi connectivity index (χ2v) is 9.16. The van der Waals surface area contributed by atoms with E-state index in [2.05, 4.69) is 58.4 Å². The molecule has 4 heteroatoms. The van der Waals surface area contributed by atoms with E-state index in [-0.39, 0.29) is 5.92 Å². The third-order valence-corrected chi connectivity index (χ3v) is 7.00. The predicted octanol–water partition coefficient (Wildman–Crippen LogP) is 5.05. The van der Waals surface area contributed by atoms with Gasteiger partial charge in [-0.3, -0.25) is 14.7 Å². The molecule has 4 nitrogen and oxygen atoms in total. The van der Waals surface area contributed by atoms with Crippen molar-refractivity contribution in [3.63, 3.8) is 0 Å². The number of rotatable bonds is 5. The summed E-state index contributed by atoms with van der Waals surface area (Å²) in [4.78, 5) is 22.4. The zero-order chi connectivity index (χ0) is 21.8. The fourth-order valence-corrected chi connectivity index (χ4v) is 5.21. The van der Waals surface area contributed by atoms with Crippen molar-refractivity contribution in [1.82, 2.24) is 14.8 Å². The summed E-state index contributed by atoms with van der Waals surface area (Å²) < 4.78 is 0. The van der Waals surface area contributed by atoms with Crippen LogP contribution in [0.25, 0.3) is 10.9 Å². The van der Waals surface area contributed by atoms with E-state index in [1.54, 1.807) is 0 Å². The summed E-state index contributed by atoms with van der Waals surface area (Å²) in [5.74, 6) is 0.922. The predicted molar refractivity (Wildman–Crippen MR) is 129 cm³/mol. The highest BCUT2D eigenvalue weighted by Gasteiger charge is 2.34. The van der Waals surface area contributed by atoms with Crippen LogP contribution >= 0.6 is 0 Å². The summed E-state index contributed by atoms with van der Waals surface area (Å²) in [5, 5.41) is 1.20. The van der Waals surface area contributed by atoms with Crippen LogP contribution in [0.4, 0.5) is 0 Å². The molecule has 1 unspecified atom stereocenters. The lowest BCUT2D eigenvalue weighted by Crippen LogP contribution is -2.42. The summed E-state index contributed by atoms with van der Waals surface area (Å²) in [6.45, 7) is 4.51. The van der Waals surface area contributed by atoms with Crippen LogP contribution in [0, 0.1) is 11.8 Å². The standard InChI is InChI=1S/C28H31N3O/c32-28-26(10-4-5-16-31(28)21-22-7-2-1-3-8-22)24-13-17-30(18-14-24)20-23-11-12-27-25(19-23)9-6-15-29-27/h1-9,11-12,15,19,24,26H,10,13-14,16-18,20-21H2. The number of nitrogens with zero attached hydrogens (tertiary/aromatic N) is 3. The molecule has 32 heavy (non-hydrogen) atoms. The first kappa shape index (κ1) is 20.9. The van der Waals surface area contributed by atoms with Gasteiger partial charge in [-0.25, -0.2) is 0 Å². The molecule has 1 amide bonds. The lowest BCUT2D eigenvalue weighted by Gasteiger charge is -2.36. The largest absolute Gasteiger partial charge is 0.334 e. The van der Waals surface area contributed by atoms with Crippen molar-refractivity contribution < 1.29 is 4.79 Å². The zero-order valence-corrected chi connectivity index (χ0v) is 18.6. The fourth-order valence-electron chi connectivity index (χ4n) is 5.21. The van der Waals surface area contributed by atoms with Crippen molar-refractivity contribution in [2.45, 2.75) is 32.4 Å². The Morgan fingerprint density at radius 2 is 1.72 bits per heavy atom. The van der Waals surface area contributed by atoms with Gasteiger partial charge in [-0.1, -0.05) is 54.6 Å². The number of allylic oxidation sites excluding steroid dienone is 1. The number of likely N-dealkylation sites (tertiary alicyclic amines) is 1. The fraction of sp³-hybridized carbons (Fsp3) is 0.357. The van der Waals surface area contributed by atoms with E-state index >= 15 is 0 Å². The van der Waals surface area contributed by atoms with E-state index in [0.29, 0.717) is 18.4 Å². The Bertz CT molecular complexity index is 1090. The molecule has 0 spiro atoms. The van der Waals surface area contributed by atoms with E-state index in [9.17, 15) is 4.79 Å². The molecule has 1 atom stereocenters. The topological polar surface area (TPSA) is 36.4 Å². The summed E-state index contributed by atoms with van der Waals surface area (Å²) in [7, 11) is 0. The number of amides is 1. The normalized spacial score (nSPS) is 20.6. The van der Waals surface area contributed by atoms with Gasteiger partial charge in [0.05, 0.1) is 5.52 Å². The molecule has 0 radical (unpaired) electrons. The average Bonchev–Trinajstić information content (AvgIpc) is 3.02. The van der Waals surface area contributed by atoms with Crippen molar-refractivity contribution in [2.75, 3.05) is 19.6 Å². The van der Waals surface area contributed by atoms with Crippen molar-refractivity contribution in [2.24, 2.45) is 11.8 Å². The van der Waals surface area contributed by atoms with E-state index in [1.165, 1.54) is 16.5 Å². The van der Waals surface area contributed by atoms with Crippen LogP contribution in [0.3, 0.4) is 0 Å². The molecule has 2 aliphatic rings. The molecule has 0 saturated carbocycles. The smallest absolute Gasteiger partial charge is 0.226 e. The van der Waals surface area contributed by atoms with Gasteiger partial charge in [-0.05, 0) is 67.6 Å². The maximum absolute atomic E-state index is 13.4. The quantitative estimate of drug-likeness (QED) is 0.537. The number of aromatic nitrogens is 1. The van der Waals surface area contributed by atoms with E-state index < -0.39 is 0 Å². The highest BCUT2D eigenvalue weighted by atomic mass is 16.2. The average molecular weight is 426 g/mol. The molecule has 3 heterocycles. The summed E-state index contributed by atoms with van der Waals surface area (Å²) >= 11 is 0. The summed E-state index contributed by atoms with van der Waals surface area (Å²) in [6, 6.07) is 21.0. The van der Waals surface area contributed by atoms with E-state index in [4.69, 9.17) is 0 Å². The Morgan fingerprint density at radius 1 is 0.875 bits per heavy atom. The van der Waals surface area contributed by atoms with Gasteiger partial charge in [0.2, 0.25) is 5.91 Å². The molecule has 1 fully saturated rings. The summed E-state index contributed by atoms with van der Waals surface area (Å²) in [5.41, 5.74) is 3.59. The van der Waals surface area contributed by atoms with Gasteiger partial charge in [0.15, 0.2) is 0 Å². The van der Waals surface area contributed by atoms with E-state index in [1.807, 2.05) is 35.4 Å². The highest BCUT2D eigenvalue weighted by Crippen LogP contribution is 2.31. The number of piperidine rings is 1. The molecule has 1 saturated heterocycles. The molecule has 0 bridgehead atoms. The lowest BCUT2D eigenvalue weighted by atomic mass is 9.81. The number of carbonyl (C=O) groups is 1. The molecule has 0 aliphatic carbocycles. The van der Waals surface area contributed by atoms with Gasteiger partial charge >= 0.3 is 0 Å². The number of pyridine rings is 1. The van der Waals surface area contributed by atoms with Crippen molar-refractivity contribution in [3.8, 4) is 0 Å². The first-order chi connectivity index (χ1) is 15.8. The van der Waals surface area contributed by atoms with E-state index in [0.717, 1.165) is 51.0 Å². The second-order valence-electron chi connectivity index (χ2n) is 9.16. The van der Waals surface area contributed by atoms with Crippen molar-refractivity contribution in [1.29, 1.82) is 0 Å². The second kappa shape index (κ2) is 9.66. The maximum Gasteiger partial charge on any atom is 0.226 e. The lowest BCUT2D eigenvalue weighted by molar-refractivity contribution is -0.137.